The smallest absolute Gasteiger partial charge is 0.416 e. The molecule has 0 aliphatic rings. The van der Waals surface area contributed by atoms with Gasteiger partial charge in [-0.05, 0) is 42.5 Å². The first kappa shape index (κ1) is 17.5. The zero-order chi connectivity index (χ0) is 19.0. The van der Waals surface area contributed by atoms with Gasteiger partial charge in [-0.25, -0.2) is 4.98 Å². The highest BCUT2D eigenvalue weighted by Crippen LogP contribution is 2.37. The fraction of sp³-hybridized carbons (Fsp3) is 0.100. The van der Waals surface area contributed by atoms with Crippen LogP contribution < -0.4 is 4.74 Å². The number of benzene rings is 2. The first-order valence-corrected chi connectivity index (χ1v) is 8.85. The summed E-state index contributed by atoms with van der Waals surface area (Å²) in [6, 6.07) is 14.3. The largest absolute Gasteiger partial charge is 0.497 e. The average Bonchev–Trinajstić information content (AvgIpc) is 3.10. The molecule has 0 saturated heterocycles. The third-order valence-electron chi connectivity index (χ3n) is 4.12. The van der Waals surface area contributed by atoms with Gasteiger partial charge < -0.3 is 4.74 Å². The van der Waals surface area contributed by atoms with Crippen LogP contribution in [-0.2, 0) is 6.18 Å². The lowest BCUT2D eigenvalue weighted by molar-refractivity contribution is -0.137. The van der Waals surface area contributed by atoms with E-state index in [0.717, 1.165) is 38.7 Å². The summed E-state index contributed by atoms with van der Waals surface area (Å²) in [5.74, 6) is 0.742. The molecule has 0 bridgehead atoms. The van der Waals surface area contributed by atoms with Gasteiger partial charge in [0.2, 0.25) is 0 Å². The van der Waals surface area contributed by atoms with E-state index in [9.17, 15) is 13.2 Å². The number of halogens is 3. The van der Waals surface area contributed by atoms with Gasteiger partial charge in [0.05, 0.1) is 28.6 Å². The van der Waals surface area contributed by atoms with Crippen molar-refractivity contribution in [3.05, 3.63) is 66.4 Å². The molecular formula is C20H13F3N2OS. The predicted octanol–water partition coefficient (Wildman–Crippen LogP) is 6.05. The highest BCUT2D eigenvalue weighted by molar-refractivity contribution is 7.21. The Labute approximate surface area is 157 Å². The molecule has 0 aliphatic carbocycles. The molecule has 2 heterocycles. The first-order chi connectivity index (χ1) is 13.0. The van der Waals surface area contributed by atoms with Crippen LogP contribution in [0.5, 0.6) is 5.75 Å². The first-order valence-electron chi connectivity index (χ1n) is 8.03. The van der Waals surface area contributed by atoms with Crippen molar-refractivity contribution < 1.29 is 17.9 Å². The number of aromatic nitrogens is 2. The van der Waals surface area contributed by atoms with E-state index in [-0.39, 0.29) is 0 Å². The second-order valence-corrected chi connectivity index (χ2v) is 6.86. The van der Waals surface area contributed by atoms with Gasteiger partial charge in [-0.2, -0.15) is 13.2 Å². The number of ether oxygens (including phenoxy) is 1. The van der Waals surface area contributed by atoms with Gasteiger partial charge in [-0.1, -0.05) is 12.1 Å². The van der Waals surface area contributed by atoms with Crippen LogP contribution in [0.2, 0.25) is 0 Å². The number of thiazole rings is 1. The maximum atomic E-state index is 12.8. The Morgan fingerprint density at radius 3 is 2.48 bits per heavy atom. The van der Waals surface area contributed by atoms with Crippen molar-refractivity contribution in [2.45, 2.75) is 6.18 Å². The minimum atomic E-state index is -4.36. The quantitative estimate of drug-likeness (QED) is 0.430. The van der Waals surface area contributed by atoms with Crippen LogP contribution in [0.4, 0.5) is 13.2 Å². The molecule has 0 fully saturated rings. The molecule has 0 spiro atoms. The van der Waals surface area contributed by atoms with Crippen LogP contribution in [0.25, 0.3) is 32.0 Å². The van der Waals surface area contributed by atoms with Gasteiger partial charge in [-0.15, -0.1) is 11.3 Å². The molecule has 0 atom stereocenters. The van der Waals surface area contributed by atoms with Gasteiger partial charge in [0.15, 0.2) is 0 Å². The Kier molecular flexibility index (Phi) is 4.31. The molecular weight excluding hydrogens is 373 g/mol. The van der Waals surface area contributed by atoms with Crippen molar-refractivity contribution in [3.63, 3.8) is 0 Å². The van der Waals surface area contributed by atoms with Crippen LogP contribution in [0.3, 0.4) is 0 Å². The second kappa shape index (κ2) is 6.66. The number of methoxy groups -OCH3 is 1. The van der Waals surface area contributed by atoms with Crippen LogP contribution in [0.1, 0.15) is 5.56 Å². The minimum Gasteiger partial charge on any atom is -0.497 e. The molecule has 3 nitrogen and oxygen atoms in total. The number of hydrogen-bond donors (Lipinski definition) is 0. The molecule has 0 aliphatic heterocycles. The number of pyridine rings is 1. The van der Waals surface area contributed by atoms with Crippen LogP contribution >= 0.6 is 11.3 Å². The third-order valence-corrected chi connectivity index (χ3v) is 5.17. The second-order valence-electron chi connectivity index (χ2n) is 5.83. The zero-order valence-electron chi connectivity index (χ0n) is 14.1. The molecule has 2 aromatic carbocycles. The van der Waals surface area contributed by atoms with Crippen LogP contribution in [0, 0.1) is 0 Å². The van der Waals surface area contributed by atoms with Crippen molar-refractivity contribution in [1.82, 2.24) is 9.97 Å². The summed E-state index contributed by atoms with van der Waals surface area (Å²) in [5.41, 5.74) is 2.12. The van der Waals surface area contributed by atoms with Crippen molar-refractivity contribution >= 4 is 21.6 Å². The lowest BCUT2D eigenvalue weighted by atomic mass is 10.0. The predicted molar refractivity (Wildman–Crippen MR) is 99.8 cm³/mol. The molecule has 0 N–H and O–H groups in total. The molecule has 4 aromatic rings. The normalized spacial score (nSPS) is 11.7. The monoisotopic (exact) mass is 386 g/mol. The average molecular weight is 386 g/mol. The Bertz CT molecular complexity index is 1100. The number of alkyl halides is 3. The van der Waals surface area contributed by atoms with E-state index in [1.807, 2.05) is 24.3 Å². The Morgan fingerprint density at radius 2 is 1.78 bits per heavy atom. The minimum absolute atomic E-state index is 0.595. The molecule has 136 valence electrons. The summed E-state index contributed by atoms with van der Waals surface area (Å²) < 4.78 is 44.6. The molecule has 4 rings (SSSR count). The van der Waals surface area contributed by atoms with Crippen LogP contribution in [0.15, 0.2) is 60.8 Å². The third kappa shape index (κ3) is 3.38. The lowest BCUT2D eigenvalue weighted by Gasteiger charge is -2.09. The number of hydrogen-bond acceptors (Lipinski definition) is 4. The maximum Gasteiger partial charge on any atom is 0.416 e. The number of fused-ring (bicyclic) bond motifs is 1. The summed E-state index contributed by atoms with van der Waals surface area (Å²) in [4.78, 5) is 9.03. The molecule has 0 amide bonds. The summed E-state index contributed by atoms with van der Waals surface area (Å²) in [6.07, 6.45) is -2.75. The molecule has 2 aromatic heterocycles. The molecule has 7 heteroatoms. The maximum absolute atomic E-state index is 12.8. The number of nitrogens with zero attached hydrogens (tertiary/aromatic N) is 2. The van der Waals surface area contributed by atoms with Crippen LogP contribution in [-0.4, -0.2) is 17.1 Å². The SMILES string of the molecule is COc1ccc2nc(-c3cccnc3-c3ccc(C(F)(F)F)cc3)sc2c1. The van der Waals surface area contributed by atoms with Crippen molar-refractivity contribution in [2.75, 3.05) is 7.11 Å². The standard InChI is InChI=1S/C20H13F3N2OS/c1-26-14-8-9-16-17(11-14)27-19(25-16)15-3-2-10-24-18(15)12-4-6-13(7-5-12)20(21,22)23/h2-11H,1H3. The van der Waals surface area contributed by atoms with Gasteiger partial charge >= 0.3 is 6.18 Å². The number of rotatable bonds is 3. The van der Waals surface area contributed by atoms with E-state index in [2.05, 4.69) is 9.97 Å². The summed E-state index contributed by atoms with van der Waals surface area (Å²) >= 11 is 1.49. The van der Waals surface area contributed by atoms with E-state index in [4.69, 9.17) is 4.74 Å². The molecule has 27 heavy (non-hydrogen) atoms. The fourth-order valence-electron chi connectivity index (χ4n) is 2.77. The van der Waals surface area contributed by atoms with E-state index in [1.165, 1.54) is 23.5 Å². The zero-order valence-corrected chi connectivity index (χ0v) is 14.9. The van der Waals surface area contributed by atoms with E-state index >= 15 is 0 Å². The lowest BCUT2D eigenvalue weighted by Crippen LogP contribution is -2.04. The van der Waals surface area contributed by atoms with Gasteiger partial charge in [-0.3, -0.25) is 4.98 Å². The van der Waals surface area contributed by atoms with E-state index in [1.54, 1.807) is 19.4 Å². The van der Waals surface area contributed by atoms with Gasteiger partial charge in [0, 0.05) is 17.3 Å². The Morgan fingerprint density at radius 1 is 1.00 bits per heavy atom. The fourth-order valence-corrected chi connectivity index (χ4v) is 3.79. The van der Waals surface area contributed by atoms with Crippen molar-refractivity contribution in [2.24, 2.45) is 0 Å². The molecule has 0 saturated carbocycles. The summed E-state index contributed by atoms with van der Waals surface area (Å²) in [7, 11) is 1.60. The van der Waals surface area contributed by atoms with E-state index in [0.29, 0.717) is 11.3 Å². The Balaban J connectivity index is 1.79. The molecule has 0 unspecified atom stereocenters. The highest BCUT2D eigenvalue weighted by Gasteiger charge is 2.30. The van der Waals surface area contributed by atoms with Crippen molar-refractivity contribution in [1.29, 1.82) is 0 Å². The summed E-state index contributed by atoms with van der Waals surface area (Å²) in [6.45, 7) is 0. The van der Waals surface area contributed by atoms with Gasteiger partial charge in [0.1, 0.15) is 10.8 Å². The highest BCUT2D eigenvalue weighted by atomic mass is 32.1. The van der Waals surface area contributed by atoms with E-state index < -0.39 is 11.7 Å². The Hall–Kier alpha value is -2.93. The topological polar surface area (TPSA) is 35.0 Å². The summed E-state index contributed by atoms with van der Waals surface area (Å²) in [5, 5.41) is 0.751. The van der Waals surface area contributed by atoms with Gasteiger partial charge in [0.25, 0.3) is 0 Å². The van der Waals surface area contributed by atoms with Crippen molar-refractivity contribution in [3.8, 4) is 27.6 Å². The molecule has 0 radical (unpaired) electrons.